The summed E-state index contributed by atoms with van der Waals surface area (Å²) in [4.78, 5) is 91.8. The third-order valence-corrected chi connectivity index (χ3v) is 27.6. The number of amides is 6. The highest BCUT2D eigenvalue weighted by atomic mass is 35.5. The summed E-state index contributed by atoms with van der Waals surface area (Å²) in [6, 6.07) is 46.9. The molecule has 145 heavy (non-hydrogen) atoms. The van der Waals surface area contributed by atoms with Crippen LogP contribution in [-0.2, 0) is 55.5 Å². The number of carboxylic acid groups (broad SMARTS) is 1. The molecule has 0 spiro atoms. The summed E-state index contributed by atoms with van der Waals surface area (Å²) in [5.74, 6) is -27.0. The molecule has 43 heteroatoms. The zero-order valence-electron chi connectivity index (χ0n) is 81.3. The number of carbonyl (C=O) groups excluding carboxylic acids is 5. The van der Waals surface area contributed by atoms with Gasteiger partial charge in [-0.15, -0.1) is 23.5 Å². The van der Waals surface area contributed by atoms with E-state index in [4.69, 9.17) is 59.3 Å². The molecule has 5 aliphatic rings. The summed E-state index contributed by atoms with van der Waals surface area (Å²) in [6.45, 7) is 28.4. The number of pyridine rings is 4. The number of imide groups is 1. The van der Waals surface area contributed by atoms with Gasteiger partial charge in [-0.05, 0) is 240 Å². The molecule has 0 aliphatic carbocycles. The Kier molecular flexibility index (Phi) is 39.5. The van der Waals surface area contributed by atoms with Gasteiger partial charge in [-0.25, -0.2) is 54.9 Å². The average molecular weight is 2150 g/mol. The second-order valence-electron chi connectivity index (χ2n) is 36.4. The minimum atomic E-state index is -5.01. The highest BCUT2D eigenvalue weighted by Gasteiger charge is 2.51. The number of rotatable bonds is 15. The Morgan fingerprint density at radius 3 is 1.16 bits per heavy atom. The number of carboxylic acids is 1. The van der Waals surface area contributed by atoms with Crippen LogP contribution in [0.25, 0.3) is 43.1 Å². The van der Waals surface area contributed by atoms with Crippen molar-refractivity contribution in [3.8, 4) is 11.5 Å². The van der Waals surface area contributed by atoms with Crippen LogP contribution in [0, 0.1) is 58.2 Å². The van der Waals surface area contributed by atoms with Crippen molar-refractivity contribution in [2.75, 3.05) is 32.7 Å². The van der Waals surface area contributed by atoms with Crippen LogP contribution in [0.3, 0.4) is 0 Å². The normalized spacial score (nSPS) is 16.0. The molecular weight excluding hydrogens is 2050 g/mol. The number of fused-ring (bicyclic) bond motifs is 4. The minimum absolute atomic E-state index is 0.000708. The molecule has 3 atom stereocenters. The number of hydrogen-bond donors (Lipinski definition) is 2. The third-order valence-electron chi connectivity index (χ3n) is 21.9. The van der Waals surface area contributed by atoms with E-state index in [0.29, 0.717) is 62.7 Å². The summed E-state index contributed by atoms with van der Waals surface area (Å²) in [6.07, 6.45) is 12.7. The number of aromatic nitrogens is 4. The monoisotopic (exact) mass is 2150 g/mol. The highest BCUT2D eigenvalue weighted by Crippen LogP contribution is 2.43. The second kappa shape index (κ2) is 49.9. The lowest BCUT2D eigenvalue weighted by atomic mass is 10.0. The molecule has 5 saturated heterocycles. The molecule has 9 heterocycles. The van der Waals surface area contributed by atoms with E-state index in [-0.39, 0.29) is 29.9 Å². The van der Waals surface area contributed by atoms with Crippen molar-refractivity contribution in [1.82, 2.24) is 48.8 Å². The molecule has 0 radical (unpaired) electrons. The van der Waals surface area contributed by atoms with Crippen LogP contribution in [0.4, 0.5) is 63.1 Å². The van der Waals surface area contributed by atoms with Crippen molar-refractivity contribution in [2.24, 2.45) is 0 Å². The van der Waals surface area contributed by atoms with E-state index in [1.807, 2.05) is 114 Å². The van der Waals surface area contributed by atoms with E-state index in [2.05, 4.69) is 119 Å². The number of carbonyl (C=O) groups is 6. The lowest BCUT2D eigenvalue weighted by Crippen LogP contribution is -2.38. The van der Waals surface area contributed by atoms with Crippen LogP contribution in [0.15, 0.2) is 202 Å². The number of aliphatic carboxylic acids is 1. The van der Waals surface area contributed by atoms with Gasteiger partial charge in [-0.3, -0.25) is 34.3 Å². The molecule has 0 saturated carbocycles. The van der Waals surface area contributed by atoms with Crippen molar-refractivity contribution in [1.29, 1.82) is 0 Å². The molecule has 12 aromatic rings. The molecule has 4 aromatic heterocycles. The Labute approximate surface area is 856 Å². The standard InChI is InChI=1S/C25H28N2O2S.C24H21F5N2O5S.C19H13F5N2O3S.C16H12ClNS.C9H17NO2.C5H6Cl2N2O2.C2H4O2.C2H6/c1-25(2,3)29-24(28)27-15-7-10-22(27)23-21-12-11-20(16-19(21)13-14-26-23)30-17-18-8-5-4-6-9-18;1-24(2,3)35-23(32)31-10-4-5-15(31)21-14-7-6-13(11-12(14)8-9-30-21)37(33,34)36-22-19(28)17(26)16(25)18(27)20(22)29;20-13-14(21)16(23)19(17(24)15(13)22)29-30(27,28)10-3-4-11-9(8-10)5-7-26-18(11)12-2-1-6-25-12;17-16-15-7-6-14(10-13(15)8-9-18-16)19-11-12-4-2-1-3-5-12;1-9(2,3)12-8(11)10-6-4-5-7-10;1-5(2)3(10)8(6)4(11)9(5)7;1-2(3)4;1-2/h4-6,8-9,11-14,16,22H,7,10,15,17H2,1-3H3;6-9,11,15H,4-5,10H2,1-3H3;3-5,7-8,12,25H,1-2,6H2;1-10H,11H2;4-7H2,1-3H3;1-2H3;1H3,(H,3,4);1-2H3. The second-order valence-corrected chi connectivity index (χ2v) is 42.6. The summed E-state index contributed by atoms with van der Waals surface area (Å²) in [5, 5.41) is 17.6. The molecule has 26 nitrogen and oxygen atoms in total. The molecule has 5 fully saturated rings. The van der Waals surface area contributed by atoms with E-state index >= 15 is 0 Å². The first-order valence-corrected chi connectivity index (χ1v) is 51.5. The van der Waals surface area contributed by atoms with Crippen molar-refractivity contribution in [2.45, 2.75) is 220 Å². The molecule has 0 bridgehead atoms. The van der Waals surface area contributed by atoms with Crippen molar-refractivity contribution >= 4 is 158 Å². The van der Waals surface area contributed by atoms with Gasteiger partial charge in [0.2, 0.25) is 69.7 Å². The largest absolute Gasteiger partial charge is 0.481 e. The van der Waals surface area contributed by atoms with Crippen LogP contribution in [0.2, 0.25) is 5.15 Å². The Bertz CT molecular complexity index is 6880. The van der Waals surface area contributed by atoms with Crippen LogP contribution in [0.5, 0.6) is 11.5 Å². The van der Waals surface area contributed by atoms with Gasteiger partial charge in [0.05, 0.1) is 35.2 Å². The first-order chi connectivity index (χ1) is 68.3. The Morgan fingerprint density at radius 2 is 0.800 bits per heavy atom. The smallest absolute Gasteiger partial charge is 0.410 e. The molecule has 5 aliphatic heterocycles. The van der Waals surface area contributed by atoms with Gasteiger partial charge < -0.3 is 37.9 Å². The van der Waals surface area contributed by atoms with E-state index in [1.165, 1.54) is 82.4 Å². The quantitative estimate of drug-likeness (QED) is 0.0111. The lowest BCUT2D eigenvalue weighted by molar-refractivity contribution is -0.134. The fourth-order valence-corrected chi connectivity index (χ4v) is 19.6. The molecule has 8 aromatic carbocycles. The minimum Gasteiger partial charge on any atom is -0.481 e. The van der Waals surface area contributed by atoms with Crippen LogP contribution >= 0.6 is 58.7 Å². The summed E-state index contributed by atoms with van der Waals surface area (Å²) >= 11 is 20.5. The van der Waals surface area contributed by atoms with Crippen molar-refractivity contribution in [3.05, 3.63) is 274 Å². The third kappa shape index (κ3) is 29.9. The van der Waals surface area contributed by atoms with Gasteiger partial charge in [0.1, 0.15) is 37.3 Å². The number of halogens is 13. The molecular formula is C102H107Cl3F10N10O16S4. The number of nitrogens with zero attached hydrogens (tertiary/aromatic N) is 9. The van der Waals surface area contributed by atoms with E-state index in [0.717, 1.165) is 132 Å². The van der Waals surface area contributed by atoms with E-state index < -0.39 is 146 Å². The Hall–Kier alpha value is -12.1. The maximum absolute atomic E-state index is 14.0. The van der Waals surface area contributed by atoms with Gasteiger partial charge in [0.25, 0.3) is 11.9 Å². The molecule has 2 N–H and O–H groups in total. The summed E-state index contributed by atoms with van der Waals surface area (Å²) in [7, 11) is -9.91. The van der Waals surface area contributed by atoms with Gasteiger partial charge in [-0.1, -0.05) is 110 Å². The fraction of sp³-hybridized carbons (Fsp3) is 0.353. The first kappa shape index (κ1) is 115. The van der Waals surface area contributed by atoms with Crippen LogP contribution < -0.4 is 13.7 Å². The van der Waals surface area contributed by atoms with Crippen molar-refractivity contribution in [3.63, 3.8) is 0 Å². The SMILES string of the molecule is CC.CC(=O)O.CC(C)(C)OC(=O)N1CCCC1.CC(C)(C)OC(=O)N1CCCC1c1nccc2cc(S(=O)(=O)Oc3c(F)c(F)c(F)c(F)c3F)ccc12.CC(C)(C)OC(=O)N1CCCC1c1nccc2cc(SCc3ccccc3)ccc12.CC1(C)C(=O)N(Cl)C(=O)N1Cl.Clc1nccc2cc(SCc3ccccc3)ccc12.O=S(=O)(Oc1c(F)c(F)c(F)c(F)c1F)c1ccc2c(C3CCCN3)nccc2c1. The van der Waals surface area contributed by atoms with E-state index in [9.17, 15) is 84.7 Å². The number of likely N-dealkylation sites (tertiary alicyclic amines) is 3. The number of thioether (sulfide) groups is 2. The zero-order valence-corrected chi connectivity index (χ0v) is 86.8. The molecule has 3 unspecified atom stereocenters. The Balaban J connectivity index is 0.000000184. The number of nitrogens with one attached hydrogen (secondary N) is 1. The topological polar surface area (TPSA) is 317 Å². The van der Waals surface area contributed by atoms with E-state index in [1.54, 1.807) is 31.9 Å². The maximum Gasteiger partial charge on any atom is 0.410 e. The maximum atomic E-state index is 14.0. The highest BCUT2D eigenvalue weighted by molar-refractivity contribution is 7.98. The summed E-state index contributed by atoms with van der Waals surface area (Å²) < 4.78 is 212. The lowest BCUT2D eigenvalue weighted by Gasteiger charge is -2.28. The van der Waals surface area contributed by atoms with Gasteiger partial charge in [0.15, 0.2) is 0 Å². The zero-order chi connectivity index (χ0) is 107. The molecule has 6 amide bonds. The molecule has 17 rings (SSSR count). The van der Waals surface area contributed by atoms with Crippen LogP contribution in [-0.4, -0.2) is 157 Å². The van der Waals surface area contributed by atoms with Gasteiger partial charge >= 0.3 is 44.5 Å². The number of ether oxygens (including phenoxy) is 3. The first-order valence-electron chi connectivity index (χ1n) is 45.6. The fourth-order valence-electron chi connectivity index (χ4n) is 15.1. The summed E-state index contributed by atoms with van der Waals surface area (Å²) in [5.41, 5.74) is 2.20. The number of benzene rings is 8. The predicted molar refractivity (Wildman–Crippen MR) is 533 cm³/mol. The van der Waals surface area contributed by atoms with Gasteiger partial charge in [-0.2, -0.15) is 38.8 Å². The van der Waals surface area contributed by atoms with Crippen LogP contribution in [0.1, 0.15) is 195 Å². The predicted octanol–water partition coefficient (Wildman–Crippen LogP) is 26.1. The number of hydrogen-bond acceptors (Lipinski definition) is 22. The number of urea groups is 1. The Morgan fingerprint density at radius 1 is 0.455 bits per heavy atom. The van der Waals surface area contributed by atoms with Gasteiger partial charge in [0, 0.05) is 124 Å². The van der Waals surface area contributed by atoms with Crippen molar-refractivity contribution < 1.29 is 117 Å². The average Bonchev–Trinajstić information content (AvgIpc) is 1.04. The molecule has 776 valence electrons.